The Morgan fingerprint density at radius 1 is 0.635 bits per heavy atom. The van der Waals surface area contributed by atoms with Crippen LogP contribution in [0.15, 0.2) is 48.6 Å². The van der Waals surface area contributed by atoms with Crippen LogP contribution in [0.2, 0.25) is 0 Å². The zero-order valence-electron chi connectivity index (χ0n) is 33.5. The summed E-state index contributed by atoms with van der Waals surface area (Å²) in [6, 6.07) is -0.884. The first-order chi connectivity index (χ1) is 25.4. The van der Waals surface area contributed by atoms with Crippen LogP contribution in [0, 0.1) is 0 Å². The lowest BCUT2D eigenvalue weighted by molar-refractivity contribution is -0.123. The number of phosphoric ester groups is 1. The summed E-state index contributed by atoms with van der Waals surface area (Å²) in [5.74, 6) is -0.219. The Morgan fingerprint density at radius 2 is 1.08 bits per heavy atom. The molecule has 0 aliphatic carbocycles. The maximum Gasteiger partial charge on any atom is 0.472 e. The Hall–Kier alpha value is -1.54. The van der Waals surface area contributed by atoms with Crippen LogP contribution in [0.5, 0.6) is 0 Å². The maximum atomic E-state index is 12.7. The van der Waals surface area contributed by atoms with Gasteiger partial charge >= 0.3 is 7.82 Å². The molecule has 0 saturated heterocycles. The third-order valence-electron chi connectivity index (χ3n) is 9.13. The third-order valence-corrected chi connectivity index (χ3v) is 10.1. The van der Waals surface area contributed by atoms with E-state index in [9.17, 15) is 19.4 Å². The van der Waals surface area contributed by atoms with Crippen LogP contribution in [0.25, 0.3) is 0 Å². The zero-order valence-corrected chi connectivity index (χ0v) is 34.4. The number of amides is 1. The number of hydrogen-bond donors (Lipinski definition) is 4. The summed E-state index contributed by atoms with van der Waals surface area (Å²) in [6.45, 7) is 4.07. The fraction of sp³-hybridized carbons (Fsp3) is 0.791. The lowest BCUT2D eigenvalue weighted by Crippen LogP contribution is -2.45. The predicted octanol–water partition coefficient (Wildman–Crippen LogP) is 11.7. The van der Waals surface area contributed by atoms with Crippen molar-refractivity contribution >= 4 is 13.7 Å². The molecule has 0 aliphatic heterocycles. The van der Waals surface area contributed by atoms with E-state index in [1.165, 1.54) is 103 Å². The summed E-state index contributed by atoms with van der Waals surface area (Å²) in [7, 11) is -4.35. The highest BCUT2D eigenvalue weighted by molar-refractivity contribution is 7.47. The SMILES string of the molecule is CCCCC/C=C\C/C=C\CCCCCCCC(=O)NC(COP(=O)(O)OCCN)C(O)/C=C/CC/C=C/CCCCCCCCCCCCCC. The van der Waals surface area contributed by atoms with Crippen molar-refractivity contribution in [3.63, 3.8) is 0 Å². The topological polar surface area (TPSA) is 131 Å². The van der Waals surface area contributed by atoms with Crippen molar-refractivity contribution in [3.05, 3.63) is 48.6 Å². The van der Waals surface area contributed by atoms with E-state index in [1.807, 2.05) is 6.08 Å². The van der Waals surface area contributed by atoms with E-state index >= 15 is 0 Å². The van der Waals surface area contributed by atoms with Gasteiger partial charge in [0.05, 0.1) is 25.4 Å². The number of unbranched alkanes of at least 4 members (excludes halogenated alkanes) is 21. The molecule has 0 saturated carbocycles. The van der Waals surface area contributed by atoms with E-state index in [1.54, 1.807) is 6.08 Å². The first-order valence-electron chi connectivity index (χ1n) is 21.3. The number of rotatable bonds is 39. The molecule has 0 aromatic rings. The largest absolute Gasteiger partial charge is 0.472 e. The van der Waals surface area contributed by atoms with Crippen molar-refractivity contribution in [2.24, 2.45) is 5.73 Å². The second-order valence-corrected chi connectivity index (χ2v) is 15.6. The lowest BCUT2D eigenvalue weighted by Gasteiger charge is -2.23. The molecule has 8 nitrogen and oxygen atoms in total. The highest BCUT2D eigenvalue weighted by atomic mass is 31.2. The van der Waals surface area contributed by atoms with Gasteiger partial charge in [-0.3, -0.25) is 13.8 Å². The van der Waals surface area contributed by atoms with Gasteiger partial charge in [-0.2, -0.15) is 0 Å². The second-order valence-electron chi connectivity index (χ2n) is 14.2. The molecule has 1 amide bonds. The van der Waals surface area contributed by atoms with E-state index in [2.05, 4.69) is 55.6 Å². The van der Waals surface area contributed by atoms with Crippen LogP contribution < -0.4 is 11.1 Å². The van der Waals surface area contributed by atoms with Crippen LogP contribution in [-0.4, -0.2) is 47.8 Å². The first-order valence-corrected chi connectivity index (χ1v) is 22.8. The predicted molar refractivity (Wildman–Crippen MR) is 221 cm³/mol. The number of allylic oxidation sites excluding steroid dienone is 7. The van der Waals surface area contributed by atoms with Gasteiger partial charge in [-0.15, -0.1) is 0 Å². The van der Waals surface area contributed by atoms with Crippen molar-refractivity contribution in [2.75, 3.05) is 19.8 Å². The Morgan fingerprint density at radius 3 is 1.63 bits per heavy atom. The normalized spacial score (nSPS) is 14.6. The number of nitrogens with two attached hydrogens (primary N) is 1. The monoisotopic (exact) mass is 753 g/mol. The molecule has 3 atom stereocenters. The van der Waals surface area contributed by atoms with Crippen molar-refractivity contribution in [1.82, 2.24) is 5.32 Å². The van der Waals surface area contributed by atoms with Crippen LogP contribution in [0.4, 0.5) is 0 Å². The summed E-state index contributed by atoms with van der Waals surface area (Å²) < 4.78 is 22.1. The number of carbonyl (C=O) groups is 1. The molecule has 0 aliphatic rings. The van der Waals surface area contributed by atoms with Crippen molar-refractivity contribution in [1.29, 1.82) is 0 Å². The molecule has 304 valence electrons. The number of nitrogens with one attached hydrogen (secondary N) is 1. The molecular formula is C43H81N2O6P. The van der Waals surface area contributed by atoms with Gasteiger partial charge in [-0.1, -0.05) is 165 Å². The molecule has 0 aromatic heterocycles. The fourth-order valence-electron chi connectivity index (χ4n) is 5.88. The van der Waals surface area contributed by atoms with Gasteiger partial charge in [-0.05, 0) is 64.2 Å². The summed E-state index contributed by atoms with van der Waals surface area (Å²) in [4.78, 5) is 22.7. The van der Waals surface area contributed by atoms with Crippen molar-refractivity contribution < 1.29 is 28.4 Å². The van der Waals surface area contributed by atoms with Crippen LogP contribution in [-0.2, 0) is 18.4 Å². The Balaban J connectivity index is 4.32. The van der Waals surface area contributed by atoms with Crippen molar-refractivity contribution in [2.45, 2.75) is 199 Å². The maximum absolute atomic E-state index is 12.7. The Labute approximate surface area is 320 Å². The van der Waals surface area contributed by atoms with Gasteiger partial charge in [0.1, 0.15) is 0 Å². The second kappa shape index (κ2) is 39.2. The molecule has 0 bridgehead atoms. The standard InChI is InChI=1S/C43H81N2O6P/c1-3-5-7-9-11-13-15-17-19-20-21-23-24-26-28-30-32-34-36-42(46)41(40-51-52(48,49)50-39-38-44)45-43(47)37-35-33-31-29-27-25-22-18-16-14-12-10-8-6-4-2/h12,14,18,22,26,28,34,36,41-42,46H,3-11,13,15-17,19-21,23-25,27,29-33,35,37-40,44H2,1-2H3,(H,45,47)(H,48,49)/b14-12-,22-18-,28-26+,36-34+. The van der Waals surface area contributed by atoms with E-state index in [4.69, 9.17) is 14.8 Å². The van der Waals surface area contributed by atoms with Gasteiger partial charge in [0.2, 0.25) is 5.91 Å². The average molecular weight is 753 g/mol. The third kappa shape index (κ3) is 36.8. The summed E-state index contributed by atoms with van der Waals surface area (Å²) >= 11 is 0. The molecular weight excluding hydrogens is 671 g/mol. The molecule has 0 fully saturated rings. The minimum Gasteiger partial charge on any atom is -0.387 e. The van der Waals surface area contributed by atoms with E-state index in [0.29, 0.717) is 6.42 Å². The first kappa shape index (κ1) is 50.5. The molecule has 0 rings (SSSR count). The van der Waals surface area contributed by atoms with E-state index < -0.39 is 20.0 Å². The minimum atomic E-state index is -4.35. The number of aliphatic hydroxyl groups is 1. The van der Waals surface area contributed by atoms with Gasteiger partial charge < -0.3 is 21.1 Å². The summed E-state index contributed by atoms with van der Waals surface area (Å²) in [5, 5.41) is 13.6. The average Bonchev–Trinajstić information content (AvgIpc) is 3.13. The number of phosphoric acid groups is 1. The van der Waals surface area contributed by atoms with Crippen LogP contribution >= 0.6 is 7.82 Å². The molecule has 5 N–H and O–H groups in total. The highest BCUT2D eigenvalue weighted by Gasteiger charge is 2.26. The quantitative estimate of drug-likeness (QED) is 0.0279. The fourth-order valence-corrected chi connectivity index (χ4v) is 6.64. The zero-order chi connectivity index (χ0) is 38.2. The number of carbonyl (C=O) groups excluding carboxylic acids is 1. The van der Waals surface area contributed by atoms with E-state index in [-0.39, 0.29) is 25.7 Å². The Kier molecular flexibility index (Phi) is 38.0. The van der Waals surface area contributed by atoms with Gasteiger partial charge in [0.15, 0.2) is 0 Å². The molecule has 0 heterocycles. The smallest absolute Gasteiger partial charge is 0.387 e. The minimum absolute atomic E-state index is 0.0702. The number of hydrogen-bond acceptors (Lipinski definition) is 6. The number of aliphatic hydroxyl groups excluding tert-OH is 1. The summed E-state index contributed by atoms with van der Waals surface area (Å²) in [5.41, 5.74) is 5.36. The van der Waals surface area contributed by atoms with Gasteiger partial charge in [-0.25, -0.2) is 4.57 Å². The van der Waals surface area contributed by atoms with Gasteiger partial charge in [0.25, 0.3) is 0 Å². The molecule has 52 heavy (non-hydrogen) atoms. The van der Waals surface area contributed by atoms with Crippen LogP contribution in [0.3, 0.4) is 0 Å². The lowest BCUT2D eigenvalue weighted by atomic mass is 10.0. The highest BCUT2D eigenvalue weighted by Crippen LogP contribution is 2.43. The molecule has 0 aromatic carbocycles. The van der Waals surface area contributed by atoms with Crippen molar-refractivity contribution in [3.8, 4) is 0 Å². The molecule has 0 spiro atoms. The van der Waals surface area contributed by atoms with Gasteiger partial charge in [0, 0.05) is 13.0 Å². The Bertz CT molecular complexity index is 954. The van der Waals surface area contributed by atoms with E-state index in [0.717, 1.165) is 64.2 Å². The molecule has 3 unspecified atom stereocenters. The summed E-state index contributed by atoms with van der Waals surface area (Å²) in [6.07, 6.45) is 47.3. The molecule has 0 radical (unpaired) electrons. The van der Waals surface area contributed by atoms with Crippen LogP contribution in [0.1, 0.15) is 187 Å². The molecule has 9 heteroatoms.